The van der Waals surface area contributed by atoms with Crippen molar-refractivity contribution in [2.75, 3.05) is 6.54 Å². The molecule has 0 saturated heterocycles. The summed E-state index contributed by atoms with van der Waals surface area (Å²) < 4.78 is 24.9. The Labute approximate surface area is 89.0 Å². The van der Waals surface area contributed by atoms with E-state index in [4.69, 9.17) is 11.6 Å². The highest BCUT2D eigenvalue weighted by Gasteiger charge is 2.56. The van der Waals surface area contributed by atoms with Gasteiger partial charge < -0.3 is 5.32 Å². The number of nitrogens with one attached hydrogen (secondary N) is 2. The molecule has 82 valence electrons. The van der Waals surface area contributed by atoms with Gasteiger partial charge >= 0.3 is 0 Å². The van der Waals surface area contributed by atoms with Gasteiger partial charge in [-0.2, -0.15) is 5.10 Å². The number of alkyl halides is 2. The molecule has 1 aromatic heterocycles. The lowest BCUT2D eigenvalue weighted by molar-refractivity contribution is 0.0892. The predicted molar refractivity (Wildman–Crippen MR) is 49.0 cm³/mol. The summed E-state index contributed by atoms with van der Waals surface area (Å²) in [5.41, 5.74) is 0.0978. The molecule has 0 bridgehead atoms. The first-order valence-electron chi connectivity index (χ1n) is 4.35. The molecule has 1 atom stereocenters. The van der Waals surface area contributed by atoms with Crippen molar-refractivity contribution in [1.82, 2.24) is 15.5 Å². The Morgan fingerprint density at radius 2 is 2.47 bits per heavy atom. The van der Waals surface area contributed by atoms with Crippen molar-refractivity contribution < 1.29 is 13.6 Å². The normalized spacial score (nSPS) is 22.5. The number of carbonyl (C=O) groups is 1. The molecule has 1 unspecified atom stereocenters. The molecule has 7 heteroatoms. The van der Waals surface area contributed by atoms with Gasteiger partial charge in [0.1, 0.15) is 5.69 Å². The van der Waals surface area contributed by atoms with E-state index in [0.29, 0.717) is 0 Å². The number of aromatic amines is 1. The smallest absolute Gasteiger partial charge is 0.270 e. The molecule has 1 aromatic rings. The number of nitrogens with zero attached hydrogens (tertiary/aromatic N) is 1. The van der Waals surface area contributed by atoms with Crippen LogP contribution in [0.15, 0.2) is 6.20 Å². The highest BCUT2D eigenvalue weighted by Crippen LogP contribution is 2.47. The first-order valence-corrected chi connectivity index (χ1v) is 4.73. The number of hydrogen-bond acceptors (Lipinski definition) is 2. The van der Waals surface area contributed by atoms with E-state index < -0.39 is 17.7 Å². The van der Waals surface area contributed by atoms with Crippen LogP contribution in [0.1, 0.15) is 16.9 Å². The van der Waals surface area contributed by atoms with E-state index in [2.05, 4.69) is 15.5 Å². The van der Waals surface area contributed by atoms with E-state index in [9.17, 15) is 13.6 Å². The summed E-state index contributed by atoms with van der Waals surface area (Å²) >= 11 is 5.62. The van der Waals surface area contributed by atoms with Crippen LogP contribution in [0.3, 0.4) is 0 Å². The van der Waals surface area contributed by atoms with Gasteiger partial charge in [0.15, 0.2) is 0 Å². The van der Waals surface area contributed by atoms with Crippen LogP contribution in [-0.4, -0.2) is 28.6 Å². The van der Waals surface area contributed by atoms with Gasteiger partial charge in [0.2, 0.25) is 0 Å². The Hall–Kier alpha value is -1.17. The minimum Gasteiger partial charge on any atom is -0.350 e. The summed E-state index contributed by atoms with van der Waals surface area (Å²) in [7, 11) is 0. The van der Waals surface area contributed by atoms with E-state index in [1.165, 1.54) is 6.20 Å². The quantitative estimate of drug-likeness (QED) is 0.833. The van der Waals surface area contributed by atoms with Gasteiger partial charge in [0, 0.05) is 18.9 Å². The average Bonchev–Trinajstić information content (AvgIpc) is 2.58. The Balaban J connectivity index is 1.86. The van der Waals surface area contributed by atoms with E-state index in [1.807, 2.05) is 0 Å². The number of carbonyl (C=O) groups excluding carboxylic acids is 1. The van der Waals surface area contributed by atoms with Crippen LogP contribution in [0.5, 0.6) is 0 Å². The fourth-order valence-corrected chi connectivity index (χ4v) is 1.40. The Morgan fingerprint density at radius 1 is 1.80 bits per heavy atom. The second-order valence-electron chi connectivity index (χ2n) is 3.47. The lowest BCUT2D eigenvalue weighted by atomic mass is 10.3. The molecule has 0 spiro atoms. The number of halogens is 3. The summed E-state index contributed by atoms with van der Waals surface area (Å²) in [6, 6.07) is 0. The van der Waals surface area contributed by atoms with Crippen LogP contribution in [0.2, 0.25) is 5.02 Å². The summed E-state index contributed by atoms with van der Waals surface area (Å²) in [5, 5.41) is 8.48. The molecule has 1 aliphatic carbocycles. The Morgan fingerprint density at radius 3 is 2.93 bits per heavy atom. The fraction of sp³-hybridized carbons (Fsp3) is 0.500. The Kier molecular flexibility index (Phi) is 2.38. The average molecular weight is 236 g/mol. The number of aromatic nitrogens is 2. The first kappa shape index (κ1) is 10.4. The van der Waals surface area contributed by atoms with Crippen LogP contribution in [0.4, 0.5) is 8.78 Å². The predicted octanol–water partition coefficient (Wildman–Crippen LogP) is 1.45. The maximum atomic E-state index is 12.5. The summed E-state index contributed by atoms with van der Waals surface area (Å²) in [5.74, 6) is -3.88. The zero-order valence-electron chi connectivity index (χ0n) is 7.56. The molecule has 1 saturated carbocycles. The molecule has 4 nitrogen and oxygen atoms in total. The number of hydrogen-bond donors (Lipinski definition) is 2. The van der Waals surface area contributed by atoms with E-state index in [0.717, 1.165) is 0 Å². The maximum absolute atomic E-state index is 12.5. The molecule has 0 aliphatic heterocycles. The molecule has 1 fully saturated rings. The molecule has 1 aliphatic rings. The van der Waals surface area contributed by atoms with Crippen molar-refractivity contribution in [3.8, 4) is 0 Å². The molecular weight excluding hydrogens is 228 g/mol. The SMILES string of the molecule is O=C(NCC1CC1(F)F)c1[nH]ncc1Cl. The van der Waals surface area contributed by atoms with Crippen molar-refractivity contribution in [2.24, 2.45) is 5.92 Å². The van der Waals surface area contributed by atoms with Gasteiger partial charge in [0.25, 0.3) is 11.8 Å². The van der Waals surface area contributed by atoms with Crippen molar-refractivity contribution >= 4 is 17.5 Å². The van der Waals surface area contributed by atoms with Gasteiger partial charge in [-0.3, -0.25) is 9.89 Å². The third-order valence-electron chi connectivity index (χ3n) is 2.28. The fourth-order valence-electron chi connectivity index (χ4n) is 1.23. The number of H-pyrrole nitrogens is 1. The third kappa shape index (κ3) is 2.09. The lowest BCUT2D eigenvalue weighted by Crippen LogP contribution is -2.27. The largest absolute Gasteiger partial charge is 0.350 e. The molecule has 15 heavy (non-hydrogen) atoms. The van der Waals surface area contributed by atoms with E-state index >= 15 is 0 Å². The standard InChI is InChI=1S/C8H8ClF2N3O/c9-5-3-13-14-6(5)7(15)12-2-4-1-8(4,10)11/h3-4H,1-2H2,(H,12,15)(H,13,14). The van der Waals surface area contributed by atoms with Gasteiger partial charge in [0.05, 0.1) is 11.2 Å². The van der Waals surface area contributed by atoms with E-state index in [-0.39, 0.29) is 23.7 Å². The molecule has 1 heterocycles. The second-order valence-corrected chi connectivity index (χ2v) is 3.87. The molecular formula is C8H8ClF2N3O. The molecule has 2 rings (SSSR count). The number of amides is 1. The van der Waals surface area contributed by atoms with Crippen molar-refractivity contribution in [1.29, 1.82) is 0 Å². The maximum Gasteiger partial charge on any atom is 0.270 e. The minimum absolute atomic E-state index is 0.0405. The van der Waals surface area contributed by atoms with E-state index in [1.54, 1.807) is 0 Å². The summed E-state index contributed by atoms with van der Waals surface area (Å²) in [6.45, 7) is -0.0405. The van der Waals surface area contributed by atoms with Gasteiger partial charge in [-0.05, 0) is 0 Å². The van der Waals surface area contributed by atoms with Crippen LogP contribution in [0.25, 0.3) is 0 Å². The Bertz CT molecular complexity index is 393. The van der Waals surface area contributed by atoms with Crippen molar-refractivity contribution in [3.05, 3.63) is 16.9 Å². The molecule has 1 amide bonds. The molecule has 0 aromatic carbocycles. The summed E-state index contributed by atoms with van der Waals surface area (Å²) in [6.07, 6.45) is 1.12. The highest BCUT2D eigenvalue weighted by atomic mass is 35.5. The zero-order valence-corrected chi connectivity index (χ0v) is 8.31. The first-order chi connectivity index (χ1) is 7.00. The molecule has 0 radical (unpaired) electrons. The third-order valence-corrected chi connectivity index (χ3v) is 2.57. The van der Waals surface area contributed by atoms with Gasteiger partial charge in [-0.1, -0.05) is 11.6 Å². The minimum atomic E-state index is -2.62. The monoisotopic (exact) mass is 235 g/mol. The second kappa shape index (κ2) is 3.44. The number of rotatable bonds is 3. The van der Waals surface area contributed by atoms with Crippen LogP contribution in [-0.2, 0) is 0 Å². The van der Waals surface area contributed by atoms with Gasteiger partial charge in [-0.15, -0.1) is 0 Å². The highest BCUT2D eigenvalue weighted by molar-refractivity contribution is 6.33. The zero-order chi connectivity index (χ0) is 11.1. The van der Waals surface area contributed by atoms with Crippen molar-refractivity contribution in [2.45, 2.75) is 12.3 Å². The summed E-state index contributed by atoms with van der Waals surface area (Å²) in [4.78, 5) is 11.4. The lowest BCUT2D eigenvalue weighted by Gasteiger charge is -2.02. The topological polar surface area (TPSA) is 57.8 Å². The van der Waals surface area contributed by atoms with Gasteiger partial charge in [-0.25, -0.2) is 8.78 Å². The molecule has 2 N–H and O–H groups in total. The van der Waals surface area contributed by atoms with Crippen LogP contribution < -0.4 is 5.32 Å². The van der Waals surface area contributed by atoms with Crippen LogP contribution in [0, 0.1) is 5.92 Å². The van der Waals surface area contributed by atoms with Crippen molar-refractivity contribution in [3.63, 3.8) is 0 Å². The van der Waals surface area contributed by atoms with Crippen LogP contribution >= 0.6 is 11.6 Å².